The van der Waals surface area contributed by atoms with Gasteiger partial charge >= 0.3 is 11.9 Å². The van der Waals surface area contributed by atoms with Crippen LogP contribution in [0, 0.1) is 0 Å². The summed E-state index contributed by atoms with van der Waals surface area (Å²) in [5, 5.41) is 35.5. The first kappa shape index (κ1) is 31.2. The van der Waals surface area contributed by atoms with E-state index in [1.807, 2.05) is 24.3 Å². The molecule has 0 spiro atoms. The molecule has 1 aromatic carbocycles. The lowest BCUT2D eigenvalue weighted by molar-refractivity contribution is -0.143. The predicted molar refractivity (Wildman–Crippen MR) is 140 cm³/mol. The molecule has 0 saturated carbocycles. The van der Waals surface area contributed by atoms with Crippen LogP contribution in [0.1, 0.15) is 37.7 Å². The van der Waals surface area contributed by atoms with E-state index in [4.69, 9.17) is 21.7 Å². The Kier molecular flexibility index (Phi) is 12.3. The summed E-state index contributed by atoms with van der Waals surface area (Å²) in [4.78, 5) is 64.2. The number of aliphatic hydroxyl groups excluding tert-OH is 1. The molecule has 11 N–H and O–H groups in total. The number of aliphatic hydroxyl groups is 1. The van der Waals surface area contributed by atoms with Crippen molar-refractivity contribution >= 4 is 40.6 Å². The van der Waals surface area contributed by atoms with Crippen molar-refractivity contribution in [1.29, 1.82) is 0 Å². The number of nitrogens with two attached hydrogens (primary N) is 2. The molecule has 3 amide bonds. The molecule has 14 heteroatoms. The minimum absolute atomic E-state index is 0.0127. The molecule has 0 saturated heterocycles. The van der Waals surface area contributed by atoms with E-state index in [1.54, 1.807) is 6.20 Å². The van der Waals surface area contributed by atoms with Gasteiger partial charge < -0.3 is 47.7 Å². The van der Waals surface area contributed by atoms with Gasteiger partial charge in [0.2, 0.25) is 17.7 Å². The molecule has 4 unspecified atom stereocenters. The second-order valence-corrected chi connectivity index (χ2v) is 9.09. The molecule has 214 valence electrons. The highest BCUT2D eigenvalue weighted by atomic mass is 16.4. The normalized spacial score (nSPS) is 14.1. The third-order valence-electron chi connectivity index (χ3n) is 6.11. The molecule has 4 atom stereocenters. The molecule has 0 aliphatic carbocycles. The van der Waals surface area contributed by atoms with Crippen molar-refractivity contribution in [3.63, 3.8) is 0 Å². The minimum atomic E-state index is -1.57. The molecule has 0 aliphatic heterocycles. The number of hydrogen-bond acceptors (Lipinski definition) is 8. The molecule has 0 aliphatic rings. The number of hydrogen-bond donors (Lipinski definition) is 9. The molecule has 2 aromatic rings. The van der Waals surface area contributed by atoms with Crippen LogP contribution in [0.4, 0.5) is 0 Å². The van der Waals surface area contributed by atoms with Gasteiger partial charge in [0.15, 0.2) is 0 Å². The van der Waals surface area contributed by atoms with Crippen molar-refractivity contribution in [2.24, 2.45) is 11.5 Å². The molecule has 0 radical (unpaired) electrons. The van der Waals surface area contributed by atoms with Crippen LogP contribution in [0.5, 0.6) is 0 Å². The maximum Gasteiger partial charge on any atom is 0.328 e. The zero-order valence-electron chi connectivity index (χ0n) is 21.4. The fraction of sp³-hybridized carbons (Fsp3) is 0.480. The Morgan fingerprint density at radius 3 is 2.15 bits per heavy atom. The Hall–Kier alpha value is -4.01. The summed E-state index contributed by atoms with van der Waals surface area (Å²) in [6, 6.07) is 2.17. The van der Waals surface area contributed by atoms with Gasteiger partial charge in [-0.05, 0) is 43.9 Å². The number of carbonyl (C=O) groups excluding carboxylic acids is 3. The van der Waals surface area contributed by atoms with E-state index in [-0.39, 0.29) is 25.7 Å². The van der Waals surface area contributed by atoms with Crippen molar-refractivity contribution in [2.75, 3.05) is 13.2 Å². The Balaban J connectivity index is 2.28. The molecule has 2 rings (SSSR count). The number of aromatic nitrogens is 1. The molecular formula is C25H36N6O8. The minimum Gasteiger partial charge on any atom is -0.481 e. The van der Waals surface area contributed by atoms with Crippen LogP contribution in [0.3, 0.4) is 0 Å². The molecule has 39 heavy (non-hydrogen) atoms. The quantitative estimate of drug-likeness (QED) is 0.104. The molecule has 14 nitrogen and oxygen atoms in total. The fourth-order valence-corrected chi connectivity index (χ4v) is 3.91. The first-order chi connectivity index (χ1) is 18.6. The van der Waals surface area contributed by atoms with Gasteiger partial charge in [-0.25, -0.2) is 4.79 Å². The Bertz CT molecular complexity index is 1150. The van der Waals surface area contributed by atoms with Gasteiger partial charge in [0.25, 0.3) is 0 Å². The summed E-state index contributed by atoms with van der Waals surface area (Å²) < 4.78 is 0. The third-order valence-corrected chi connectivity index (χ3v) is 6.11. The molecule has 0 bridgehead atoms. The standard InChI is InChI=1S/C25H36N6O8/c26-10-4-3-7-18(23(36)31-20(13-32)25(38)39)29-24(37)19(30-22(35)16(27)8-9-21(33)34)11-14-12-28-17-6-2-1-5-15(14)17/h1-2,5-6,12,16,18-20,28,32H,3-4,7-11,13,26-27H2,(H,29,37)(H,30,35)(H,31,36)(H,33,34)(H,38,39). The number of carboxylic acid groups (broad SMARTS) is 2. The number of aliphatic carboxylic acids is 2. The summed E-state index contributed by atoms with van der Waals surface area (Å²) in [5.41, 5.74) is 12.9. The summed E-state index contributed by atoms with van der Waals surface area (Å²) >= 11 is 0. The van der Waals surface area contributed by atoms with Crippen molar-refractivity contribution < 1.29 is 39.3 Å². The third kappa shape index (κ3) is 9.67. The van der Waals surface area contributed by atoms with E-state index < -0.39 is 60.4 Å². The topological polar surface area (TPSA) is 250 Å². The first-order valence-electron chi connectivity index (χ1n) is 12.5. The van der Waals surface area contributed by atoms with Gasteiger partial charge in [0.1, 0.15) is 18.1 Å². The zero-order chi connectivity index (χ0) is 28.9. The largest absolute Gasteiger partial charge is 0.481 e. The van der Waals surface area contributed by atoms with Crippen molar-refractivity contribution in [2.45, 2.75) is 62.7 Å². The van der Waals surface area contributed by atoms with Gasteiger partial charge in [0, 0.05) is 29.9 Å². The number of amides is 3. The van der Waals surface area contributed by atoms with Crippen molar-refractivity contribution in [3.8, 4) is 0 Å². The highest BCUT2D eigenvalue weighted by Crippen LogP contribution is 2.19. The van der Waals surface area contributed by atoms with Crippen LogP contribution in [0.2, 0.25) is 0 Å². The van der Waals surface area contributed by atoms with E-state index in [0.717, 1.165) is 10.9 Å². The lowest BCUT2D eigenvalue weighted by atomic mass is 10.0. The number of benzene rings is 1. The predicted octanol–water partition coefficient (Wildman–Crippen LogP) is -1.44. The average molecular weight is 549 g/mol. The number of aromatic amines is 1. The summed E-state index contributed by atoms with van der Waals surface area (Å²) in [6.07, 6.45) is 2.31. The second-order valence-electron chi connectivity index (χ2n) is 9.09. The van der Waals surface area contributed by atoms with Crippen LogP contribution in [0.15, 0.2) is 30.5 Å². The van der Waals surface area contributed by atoms with Crippen LogP contribution < -0.4 is 27.4 Å². The van der Waals surface area contributed by atoms with Crippen LogP contribution in [-0.2, 0) is 30.4 Å². The highest BCUT2D eigenvalue weighted by molar-refractivity contribution is 5.95. The van der Waals surface area contributed by atoms with Crippen LogP contribution in [0.25, 0.3) is 10.9 Å². The zero-order valence-corrected chi connectivity index (χ0v) is 21.4. The first-order valence-corrected chi connectivity index (χ1v) is 12.5. The lowest BCUT2D eigenvalue weighted by Crippen LogP contribution is -2.58. The molecule has 0 fully saturated rings. The Morgan fingerprint density at radius 1 is 0.872 bits per heavy atom. The SMILES string of the molecule is NCCCCC(NC(=O)C(Cc1c[nH]c2ccccc12)NC(=O)C(N)CCC(=O)O)C(=O)NC(CO)C(=O)O. The monoisotopic (exact) mass is 548 g/mol. The lowest BCUT2D eigenvalue weighted by Gasteiger charge is -2.25. The maximum absolute atomic E-state index is 13.4. The maximum atomic E-state index is 13.4. The van der Waals surface area contributed by atoms with Gasteiger partial charge in [-0.3, -0.25) is 19.2 Å². The van der Waals surface area contributed by atoms with E-state index in [1.165, 1.54) is 0 Å². The smallest absolute Gasteiger partial charge is 0.328 e. The van der Waals surface area contributed by atoms with Gasteiger partial charge in [-0.1, -0.05) is 18.2 Å². The number of nitrogens with one attached hydrogen (secondary N) is 4. The molecular weight excluding hydrogens is 512 g/mol. The number of rotatable bonds is 17. The fourth-order valence-electron chi connectivity index (χ4n) is 3.91. The number of carboxylic acids is 2. The number of unbranched alkanes of at least 4 members (excludes halogenated alkanes) is 1. The van der Waals surface area contributed by atoms with Gasteiger partial charge in [-0.2, -0.15) is 0 Å². The van der Waals surface area contributed by atoms with E-state index in [2.05, 4.69) is 20.9 Å². The van der Waals surface area contributed by atoms with Crippen LogP contribution >= 0.6 is 0 Å². The van der Waals surface area contributed by atoms with E-state index >= 15 is 0 Å². The van der Waals surface area contributed by atoms with Crippen molar-refractivity contribution in [1.82, 2.24) is 20.9 Å². The number of para-hydroxylation sites is 1. The van der Waals surface area contributed by atoms with E-state index in [0.29, 0.717) is 24.9 Å². The summed E-state index contributed by atoms with van der Waals surface area (Å²) in [7, 11) is 0. The number of fused-ring (bicyclic) bond motifs is 1. The summed E-state index contributed by atoms with van der Waals surface area (Å²) in [5.74, 6) is -4.87. The Labute approximate surface area is 224 Å². The Morgan fingerprint density at radius 2 is 1.51 bits per heavy atom. The molecule has 1 heterocycles. The number of carbonyl (C=O) groups is 5. The highest BCUT2D eigenvalue weighted by Gasteiger charge is 2.30. The second kappa shape index (κ2) is 15.4. The number of H-pyrrole nitrogens is 1. The van der Waals surface area contributed by atoms with Crippen LogP contribution in [-0.4, -0.2) is 87.3 Å². The average Bonchev–Trinajstić information content (AvgIpc) is 3.31. The van der Waals surface area contributed by atoms with Gasteiger partial charge in [0.05, 0.1) is 12.6 Å². The van der Waals surface area contributed by atoms with E-state index in [9.17, 15) is 29.1 Å². The summed E-state index contributed by atoms with van der Waals surface area (Å²) in [6.45, 7) is -0.512. The van der Waals surface area contributed by atoms with Gasteiger partial charge in [-0.15, -0.1) is 0 Å². The molecule has 1 aromatic heterocycles. The van der Waals surface area contributed by atoms with Crippen molar-refractivity contribution in [3.05, 3.63) is 36.0 Å².